The maximum atomic E-state index is 12.7. The van der Waals surface area contributed by atoms with Crippen molar-refractivity contribution >= 4 is 5.91 Å². The van der Waals surface area contributed by atoms with Gasteiger partial charge in [0.1, 0.15) is 11.6 Å². The normalized spacial score (nSPS) is 18.4. The molecule has 25 heavy (non-hydrogen) atoms. The van der Waals surface area contributed by atoms with Crippen LogP contribution in [0.3, 0.4) is 0 Å². The summed E-state index contributed by atoms with van der Waals surface area (Å²) in [6.07, 6.45) is 5.37. The highest BCUT2D eigenvalue weighted by Crippen LogP contribution is 2.38. The Labute approximate surface area is 147 Å². The SMILES string of the molecule is COc1ccccc1C(=O)N1CCC(Cc2nc(C3CC3)n[nH]2)CC1. The van der Waals surface area contributed by atoms with E-state index in [1.54, 1.807) is 7.11 Å². The molecule has 4 rings (SSSR count). The predicted molar refractivity (Wildman–Crippen MR) is 93.7 cm³/mol. The van der Waals surface area contributed by atoms with Crippen LogP contribution in [-0.4, -0.2) is 46.2 Å². The number of aromatic amines is 1. The Balaban J connectivity index is 1.33. The van der Waals surface area contributed by atoms with Crippen LogP contribution in [0.4, 0.5) is 0 Å². The number of hydrogen-bond acceptors (Lipinski definition) is 4. The maximum absolute atomic E-state index is 12.7. The molecule has 2 aromatic rings. The minimum atomic E-state index is 0.0617. The molecule has 1 aromatic heterocycles. The molecule has 1 saturated heterocycles. The standard InChI is InChI=1S/C19H24N4O2/c1-25-16-5-3-2-4-15(16)19(24)23-10-8-13(9-11-23)12-17-20-18(22-21-17)14-6-7-14/h2-5,13-14H,6-12H2,1H3,(H,20,21,22). The highest BCUT2D eigenvalue weighted by Gasteiger charge is 2.29. The Morgan fingerprint density at radius 1 is 1.24 bits per heavy atom. The smallest absolute Gasteiger partial charge is 0.257 e. The zero-order valence-corrected chi connectivity index (χ0v) is 14.6. The fraction of sp³-hybridized carbons (Fsp3) is 0.526. The average molecular weight is 340 g/mol. The number of nitrogens with zero attached hydrogens (tertiary/aromatic N) is 3. The van der Waals surface area contributed by atoms with Crippen LogP contribution in [0, 0.1) is 5.92 Å². The molecule has 0 radical (unpaired) electrons. The Bertz CT molecular complexity index is 745. The fourth-order valence-corrected chi connectivity index (χ4v) is 3.53. The monoisotopic (exact) mass is 340 g/mol. The third-order valence-electron chi connectivity index (χ3n) is 5.21. The minimum Gasteiger partial charge on any atom is -0.496 e. The lowest BCUT2D eigenvalue weighted by Crippen LogP contribution is -2.39. The summed E-state index contributed by atoms with van der Waals surface area (Å²) in [5.41, 5.74) is 0.646. The van der Waals surface area contributed by atoms with Gasteiger partial charge in [-0.2, -0.15) is 5.10 Å². The van der Waals surface area contributed by atoms with Gasteiger partial charge in [0.15, 0.2) is 5.82 Å². The van der Waals surface area contributed by atoms with Gasteiger partial charge in [-0.25, -0.2) is 4.98 Å². The Hall–Kier alpha value is -2.37. The molecule has 2 aliphatic rings. The second-order valence-electron chi connectivity index (χ2n) is 7.05. The number of ether oxygens (including phenoxy) is 1. The number of hydrogen-bond donors (Lipinski definition) is 1. The van der Waals surface area contributed by atoms with Crippen molar-refractivity contribution in [2.75, 3.05) is 20.2 Å². The largest absolute Gasteiger partial charge is 0.496 e. The summed E-state index contributed by atoms with van der Waals surface area (Å²) < 4.78 is 5.32. The number of carbonyl (C=O) groups excluding carboxylic acids is 1. The highest BCUT2D eigenvalue weighted by molar-refractivity contribution is 5.97. The van der Waals surface area contributed by atoms with Crippen molar-refractivity contribution in [2.45, 2.75) is 38.0 Å². The summed E-state index contributed by atoms with van der Waals surface area (Å²) in [5, 5.41) is 7.42. The van der Waals surface area contributed by atoms with Gasteiger partial charge < -0.3 is 9.64 Å². The van der Waals surface area contributed by atoms with Crippen LogP contribution in [0.1, 0.15) is 53.6 Å². The molecule has 0 bridgehead atoms. The topological polar surface area (TPSA) is 71.1 Å². The second-order valence-corrected chi connectivity index (χ2v) is 7.05. The number of rotatable bonds is 5. The lowest BCUT2D eigenvalue weighted by Gasteiger charge is -2.32. The molecule has 0 unspecified atom stereocenters. The van der Waals surface area contributed by atoms with Gasteiger partial charge in [-0.05, 0) is 43.7 Å². The van der Waals surface area contributed by atoms with E-state index in [9.17, 15) is 4.79 Å². The number of para-hydroxylation sites is 1. The van der Waals surface area contributed by atoms with E-state index in [1.807, 2.05) is 29.2 Å². The first kappa shape index (κ1) is 16.1. The molecular formula is C19H24N4O2. The van der Waals surface area contributed by atoms with Crippen molar-refractivity contribution in [3.05, 3.63) is 41.5 Å². The van der Waals surface area contributed by atoms with E-state index in [0.717, 1.165) is 44.0 Å². The van der Waals surface area contributed by atoms with Gasteiger partial charge in [0.2, 0.25) is 0 Å². The molecule has 6 nitrogen and oxygen atoms in total. The zero-order chi connectivity index (χ0) is 17.2. The minimum absolute atomic E-state index is 0.0617. The second kappa shape index (κ2) is 6.86. The van der Waals surface area contributed by atoms with Crippen LogP contribution < -0.4 is 4.74 Å². The summed E-state index contributed by atoms with van der Waals surface area (Å²) in [5.74, 6) is 3.83. The lowest BCUT2D eigenvalue weighted by molar-refractivity contribution is 0.0686. The van der Waals surface area contributed by atoms with Crippen molar-refractivity contribution in [3.8, 4) is 5.75 Å². The van der Waals surface area contributed by atoms with E-state index in [0.29, 0.717) is 23.1 Å². The number of amides is 1. The van der Waals surface area contributed by atoms with Gasteiger partial charge >= 0.3 is 0 Å². The third-order valence-corrected chi connectivity index (χ3v) is 5.21. The molecule has 1 aromatic carbocycles. The van der Waals surface area contributed by atoms with Crippen molar-refractivity contribution in [1.82, 2.24) is 20.1 Å². The molecule has 6 heteroatoms. The molecule has 2 fully saturated rings. The van der Waals surface area contributed by atoms with Crippen LogP contribution in [0.2, 0.25) is 0 Å². The Morgan fingerprint density at radius 2 is 2.00 bits per heavy atom. The molecule has 0 spiro atoms. The molecule has 1 aliphatic heterocycles. The Morgan fingerprint density at radius 3 is 2.72 bits per heavy atom. The van der Waals surface area contributed by atoms with E-state index in [2.05, 4.69) is 15.2 Å². The number of aromatic nitrogens is 3. The number of nitrogens with one attached hydrogen (secondary N) is 1. The first-order valence-electron chi connectivity index (χ1n) is 9.08. The summed E-state index contributed by atoms with van der Waals surface area (Å²) in [7, 11) is 1.60. The Kier molecular flexibility index (Phi) is 4.42. The average Bonchev–Trinajstić information content (AvgIpc) is 3.41. The highest BCUT2D eigenvalue weighted by atomic mass is 16.5. The van der Waals surface area contributed by atoms with Gasteiger partial charge in [-0.3, -0.25) is 9.89 Å². The van der Waals surface area contributed by atoms with Crippen molar-refractivity contribution in [2.24, 2.45) is 5.92 Å². The van der Waals surface area contributed by atoms with Crippen molar-refractivity contribution < 1.29 is 9.53 Å². The number of benzene rings is 1. The van der Waals surface area contributed by atoms with Crippen molar-refractivity contribution in [1.29, 1.82) is 0 Å². The van der Waals surface area contributed by atoms with Crippen molar-refractivity contribution in [3.63, 3.8) is 0 Å². The van der Waals surface area contributed by atoms with Crippen LogP contribution >= 0.6 is 0 Å². The number of piperidine rings is 1. The molecule has 1 amide bonds. The third kappa shape index (κ3) is 3.52. The van der Waals surface area contributed by atoms with Gasteiger partial charge in [-0.1, -0.05) is 12.1 Å². The lowest BCUT2D eigenvalue weighted by atomic mass is 9.93. The molecular weight excluding hydrogens is 316 g/mol. The number of carbonyl (C=O) groups is 1. The zero-order valence-electron chi connectivity index (χ0n) is 14.6. The number of likely N-dealkylation sites (tertiary alicyclic amines) is 1. The first-order chi connectivity index (χ1) is 12.2. The van der Waals surface area contributed by atoms with Crippen LogP contribution in [-0.2, 0) is 6.42 Å². The molecule has 2 heterocycles. The quantitative estimate of drug-likeness (QED) is 0.908. The summed E-state index contributed by atoms with van der Waals surface area (Å²) >= 11 is 0. The van der Waals surface area contributed by atoms with Crippen LogP contribution in [0.15, 0.2) is 24.3 Å². The predicted octanol–water partition coefficient (Wildman–Crippen LogP) is 2.79. The summed E-state index contributed by atoms with van der Waals surface area (Å²) in [6, 6.07) is 7.43. The van der Waals surface area contributed by atoms with Gasteiger partial charge in [0.25, 0.3) is 5.91 Å². The number of H-pyrrole nitrogens is 1. The number of methoxy groups -OCH3 is 1. The molecule has 0 atom stereocenters. The van der Waals surface area contributed by atoms with E-state index in [1.165, 1.54) is 12.8 Å². The summed E-state index contributed by atoms with van der Waals surface area (Å²) in [6.45, 7) is 1.57. The summed E-state index contributed by atoms with van der Waals surface area (Å²) in [4.78, 5) is 19.3. The first-order valence-corrected chi connectivity index (χ1v) is 9.08. The van der Waals surface area contributed by atoms with Gasteiger partial charge in [0, 0.05) is 25.4 Å². The molecule has 132 valence electrons. The van der Waals surface area contributed by atoms with E-state index >= 15 is 0 Å². The maximum Gasteiger partial charge on any atom is 0.257 e. The van der Waals surface area contributed by atoms with Gasteiger partial charge in [-0.15, -0.1) is 0 Å². The van der Waals surface area contributed by atoms with Gasteiger partial charge in [0.05, 0.1) is 12.7 Å². The fourth-order valence-electron chi connectivity index (χ4n) is 3.53. The molecule has 1 saturated carbocycles. The van der Waals surface area contributed by atoms with E-state index in [-0.39, 0.29) is 5.91 Å². The van der Waals surface area contributed by atoms with Crippen LogP contribution in [0.5, 0.6) is 5.75 Å². The van der Waals surface area contributed by atoms with Crippen LogP contribution in [0.25, 0.3) is 0 Å². The van der Waals surface area contributed by atoms with E-state index in [4.69, 9.17) is 4.74 Å². The van der Waals surface area contributed by atoms with E-state index < -0.39 is 0 Å². The molecule has 1 N–H and O–H groups in total. The molecule has 1 aliphatic carbocycles.